The van der Waals surface area contributed by atoms with Gasteiger partial charge in [-0.1, -0.05) is 73.7 Å². The van der Waals surface area contributed by atoms with Crippen LogP contribution in [0.3, 0.4) is 0 Å². The van der Waals surface area contributed by atoms with Gasteiger partial charge in [-0.25, -0.2) is 14.4 Å². The average molecular weight is 671 g/mol. The monoisotopic (exact) mass is 670 g/mol. The molecule has 2 amide bonds. The van der Waals surface area contributed by atoms with Crippen LogP contribution in [-0.2, 0) is 32.0 Å². The van der Waals surface area contributed by atoms with Gasteiger partial charge in [0, 0.05) is 34.2 Å². The van der Waals surface area contributed by atoms with E-state index in [1.807, 2.05) is 60.7 Å². The number of amides is 2. The number of benzene rings is 4. The minimum atomic E-state index is -0.976. The molecule has 1 saturated heterocycles. The van der Waals surface area contributed by atoms with Crippen LogP contribution >= 0.6 is 11.8 Å². The maximum absolute atomic E-state index is 13.0. The highest BCUT2D eigenvalue weighted by Gasteiger charge is 2.38. The van der Waals surface area contributed by atoms with E-state index in [0.717, 1.165) is 21.6 Å². The predicted molar refractivity (Wildman–Crippen MR) is 182 cm³/mol. The summed E-state index contributed by atoms with van der Waals surface area (Å²) in [7, 11) is 1.28. The van der Waals surface area contributed by atoms with E-state index in [9.17, 15) is 24.6 Å². The lowest BCUT2D eigenvalue weighted by Crippen LogP contribution is -2.45. The van der Waals surface area contributed by atoms with Crippen LogP contribution in [0.2, 0.25) is 0 Å². The maximum Gasteiger partial charge on any atom is 0.335 e. The largest absolute Gasteiger partial charge is 0.478 e. The summed E-state index contributed by atoms with van der Waals surface area (Å²) in [6, 6.07) is 29.4. The van der Waals surface area contributed by atoms with Crippen molar-refractivity contribution in [3.05, 3.63) is 131 Å². The summed E-state index contributed by atoms with van der Waals surface area (Å²) in [5.41, 5.74) is 4.00. The van der Waals surface area contributed by atoms with Gasteiger partial charge in [-0.05, 0) is 53.1 Å². The Kier molecular flexibility index (Phi) is 11.9. The number of hydrogen-bond donors (Lipinski definition) is 4. The maximum atomic E-state index is 13.0. The van der Waals surface area contributed by atoms with E-state index in [2.05, 4.69) is 17.6 Å². The number of hydrogen-bond acceptors (Lipinski definition) is 8. The molecule has 10 nitrogen and oxygen atoms in total. The quantitative estimate of drug-likeness (QED) is 0.0999. The van der Waals surface area contributed by atoms with Crippen LogP contribution in [0.15, 0.2) is 108 Å². The number of rotatable bonds is 12. The molecule has 0 saturated carbocycles. The summed E-state index contributed by atoms with van der Waals surface area (Å²) >= 11 is 1.56. The highest BCUT2D eigenvalue weighted by Crippen LogP contribution is 2.43. The molecular formula is C37H38N2O8S. The second-order valence-corrected chi connectivity index (χ2v) is 12.5. The number of methoxy groups -OCH3 is 1. The normalized spacial score (nSPS) is 19.6. The predicted octanol–water partition coefficient (Wildman–Crippen LogP) is 6.37. The number of esters is 1. The zero-order valence-corrected chi connectivity index (χ0v) is 27.4. The molecule has 11 heteroatoms. The van der Waals surface area contributed by atoms with Crippen molar-refractivity contribution >= 4 is 35.4 Å². The lowest BCUT2D eigenvalue weighted by Gasteiger charge is -2.41. The van der Waals surface area contributed by atoms with E-state index in [4.69, 9.17) is 14.2 Å². The minimum Gasteiger partial charge on any atom is -0.478 e. The van der Waals surface area contributed by atoms with Crippen molar-refractivity contribution in [1.29, 1.82) is 0 Å². The first-order chi connectivity index (χ1) is 23.2. The summed E-state index contributed by atoms with van der Waals surface area (Å²) in [6.07, 6.45) is -1.09. The molecule has 0 spiro atoms. The number of anilines is 1. The number of aliphatic hydroxyl groups is 1. The average Bonchev–Trinajstić information content (AvgIpc) is 3.11. The molecule has 1 heterocycles. The molecule has 4 aromatic rings. The third-order valence-electron chi connectivity index (χ3n) is 8.13. The third kappa shape index (κ3) is 9.02. The first-order valence-electron chi connectivity index (χ1n) is 15.5. The number of carbonyl (C=O) groups is 3. The van der Waals surface area contributed by atoms with Gasteiger partial charge in [-0.2, -0.15) is 0 Å². The molecular weight excluding hydrogens is 632 g/mol. The zero-order chi connectivity index (χ0) is 34.0. The van der Waals surface area contributed by atoms with Gasteiger partial charge in [0.2, 0.25) is 0 Å². The van der Waals surface area contributed by atoms with Crippen LogP contribution in [0.5, 0.6) is 0 Å². The van der Waals surface area contributed by atoms with Crippen molar-refractivity contribution < 1.29 is 38.8 Å². The molecule has 0 aromatic heterocycles. The highest BCUT2D eigenvalue weighted by molar-refractivity contribution is 7.99. The van der Waals surface area contributed by atoms with Gasteiger partial charge in [0.05, 0.1) is 31.5 Å². The first-order valence-corrected chi connectivity index (χ1v) is 16.5. The molecule has 250 valence electrons. The van der Waals surface area contributed by atoms with E-state index in [0.29, 0.717) is 17.0 Å². The number of aliphatic hydroxyl groups excluding tert-OH is 1. The Labute approximate surface area is 283 Å². The number of nitrogens with one attached hydrogen (secondary N) is 2. The third-order valence-corrected chi connectivity index (χ3v) is 9.23. The molecule has 0 aliphatic carbocycles. The number of carboxylic acids is 1. The Morgan fingerprint density at radius 3 is 2.27 bits per heavy atom. The fourth-order valence-electron chi connectivity index (χ4n) is 5.46. The van der Waals surface area contributed by atoms with Crippen LogP contribution in [0.4, 0.5) is 10.5 Å². The summed E-state index contributed by atoms with van der Waals surface area (Å²) in [5, 5.41) is 24.3. The number of aromatic carboxylic acids is 1. The van der Waals surface area contributed by atoms with Crippen LogP contribution in [0, 0.1) is 5.92 Å². The molecule has 4 N–H and O–H groups in total. The number of urea groups is 1. The second-order valence-electron chi connectivity index (χ2n) is 11.5. The van der Waals surface area contributed by atoms with Crippen molar-refractivity contribution in [2.75, 3.05) is 18.2 Å². The lowest BCUT2D eigenvalue weighted by molar-refractivity contribution is -0.268. The lowest BCUT2D eigenvalue weighted by atomic mass is 9.91. The van der Waals surface area contributed by atoms with E-state index in [1.54, 1.807) is 54.2 Å². The van der Waals surface area contributed by atoms with Crippen LogP contribution in [0.25, 0.3) is 0 Å². The highest BCUT2D eigenvalue weighted by atomic mass is 32.2. The number of ether oxygens (including phenoxy) is 3. The van der Waals surface area contributed by atoms with Gasteiger partial charge in [-0.15, -0.1) is 11.8 Å². The molecule has 5 rings (SSSR count). The zero-order valence-electron chi connectivity index (χ0n) is 26.6. The van der Waals surface area contributed by atoms with Crippen molar-refractivity contribution in [1.82, 2.24) is 5.32 Å². The number of carbonyl (C=O) groups excluding carboxylic acids is 2. The van der Waals surface area contributed by atoms with E-state index >= 15 is 0 Å². The summed E-state index contributed by atoms with van der Waals surface area (Å²) in [5.74, 6) is -1.01. The SMILES string of the molecule is COC(=O)C(Cc1ccccc1)NC(=O)Nc1cccc(C2OC(CSc3ccc(C(=O)O)cc3)C(C)C(c3ccc(CO)cc3)O2)c1. The molecule has 1 aliphatic heterocycles. The Morgan fingerprint density at radius 2 is 1.60 bits per heavy atom. The van der Waals surface area contributed by atoms with E-state index in [-0.39, 0.29) is 36.7 Å². The fraction of sp³-hybridized carbons (Fsp3) is 0.270. The van der Waals surface area contributed by atoms with Crippen molar-refractivity contribution in [3.8, 4) is 0 Å². The first kappa shape index (κ1) is 34.6. The number of thioether (sulfide) groups is 1. The van der Waals surface area contributed by atoms with Crippen LogP contribution in [0.1, 0.15) is 51.9 Å². The molecule has 4 aromatic carbocycles. The Morgan fingerprint density at radius 1 is 0.875 bits per heavy atom. The topological polar surface area (TPSA) is 143 Å². The van der Waals surface area contributed by atoms with Crippen molar-refractivity contribution in [2.24, 2.45) is 5.92 Å². The van der Waals surface area contributed by atoms with Gasteiger partial charge < -0.3 is 35.1 Å². The van der Waals surface area contributed by atoms with Crippen molar-refractivity contribution in [2.45, 2.75) is 49.4 Å². The Balaban J connectivity index is 1.32. The Hall–Kier alpha value is -4.68. The summed E-state index contributed by atoms with van der Waals surface area (Å²) < 4.78 is 18.0. The van der Waals surface area contributed by atoms with Gasteiger partial charge in [0.1, 0.15) is 6.04 Å². The molecule has 5 unspecified atom stereocenters. The molecule has 48 heavy (non-hydrogen) atoms. The number of carboxylic acid groups (broad SMARTS) is 1. The van der Waals surface area contributed by atoms with Crippen LogP contribution in [-0.4, -0.2) is 53.2 Å². The van der Waals surface area contributed by atoms with Gasteiger partial charge >= 0.3 is 18.0 Å². The van der Waals surface area contributed by atoms with E-state index < -0.39 is 30.3 Å². The molecule has 0 radical (unpaired) electrons. The molecule has 0 bridgehead atoms. The van der Waals surface area contributed by atoms with E-state index in [1.165, 1.54) is 7.11 Å². The minimum absolute atomic E-state index is 0.0565. The molecule has 1 aliphatic rings. The summed E-state index contributed by atoms with van der Waals surface area (Å²) in [4.78, 5) is 37.7. The van der Waals surface area contributed by atoms with Gasteiger partial charge in [-0.3, -0.25) is 0 Å². The van der Waals surface area contributed by atoms with Gasteiger partial charge in [0.15, 0.2) is 6.29 Å². The Bertz CT molecular complexity index is 1680. The standard InChI is InChI=1S/C37H38N2O8S/c1-23-32(22-48-30-17-15-27(16-18-30)34(41)42)46-36(47-33(23)26-13-11-25(21-40)12-14-26)28-9-6-10-29(20-28)38-37(44)39-31(35(43)45-2)19-24-7-4-3-5-8-24/h3-18,20,23,31-33,36,40H,19,21-22H2,1-2H3,(H,41,42)(H2,38,39,44). The summed E-state index contributed by atoms with van der Waals surface area (Å²) in [6.45, 7) is 2.00. The molecule has 1 fully saturated rings. The molecule has 5 atom stereocenters. The van der Waals surface area contributed by atoms with Crippen LogP contribution < -0.4 is 10.6 Å². The smallest absolute Gasteiger partial charge is 0.335 e. The fourth-order valence-corrected chi connectivity index (χ4v) is 6.52. The second kappa shape index (κ2) is 16.4. The van der Waals surface area contributed by atoms with Crippen molar-refractivity contribution in [3.63, 3.8) is 0 Å². The van der Waals surface area contributed by atoms with Gasteiger partial charge in [0.25, 0.3) is 0 Å².